The minimum atomic E-state index is 0.748. The summed E-state index contributed by atoms with van der Waals surface area (Å²) in [6.07, 6.45) is 3.23. The van der Waals surface area contributed by atoms with Crippen molar-refractivity contribution in [2.75, 3.05) is 13.2 Å². The Labute approximate surface area is 197 Å². The summed E-state index contributed by atoms with van der Waals surface area (Å²) in [5.74, 6) is 8.43. The van der Waals surface area contributed by atoms with Crippen molar-refractivity contribution in [1.82, 2.24) is 0 Å². The molecule has 0 atom stereocenters. The Hall–Kier alpha value is -3.70. The Morgan fingerprint density at radius 3 is 1.85 bits per heavy atom. The summed E-state index contributed by atoms with van der Waals surface area (Å²) in [5.41, 5.74) is 4.35. The summed E-state index contributed by atoms with van der Waals surface area (Å²) in [7, 11) is 0. The first kappa shape index (κ1) is 22.5. The molecule has 0 aliphatic heterocycles. The Kier molecular flexibility index (Phi) is 7.67. The van der Waals surface area contributed by atoms with Crippen molar-refractivity contribution < 1.29 is 9.47 Å². The molecule has 0 fully saturated rings. The highest BCUT2D eigenvalue weighted by atomic mass is 16.5. The van der Waals surface area contributed by atoms with Gasteiger partial charge in [0.2, 0.25) is 0 Å². The van der Waals surface area contributed by atoms with Crippen LogP contribution < -0.4 is 9.47 Å². The van der Waals surface area contributed by atoms with Crippen LogP contribution in [0.2, 0.25) is 0 Å². The van der Waals surface area contributed by atoms with Crippen molar-refractivity contribution in [2.24, 2.45) is 0 Å². The van der Waals surface area contributed by atoms with Crippen LogP contribution >= 0.6 is 0 Å². The maximum absolute atomic E-state index is 5.82. The van der Waals surface area contributed by atoms with Gasteiger partial charge in [0.1, 0.15) is 11.5 Å². The molecule has 0 aromatic heterocycles. The van der Waals surface area contributed by atoms with Crippen molar-refractivity contribution in [2.45, 2.75) is 33.1 Å². The number of unbranched alkanes of at least 4 members (excludes halogenated alkanes) is 1. The first-order valence-electron chi connectivity index (χ1n) is 11.8. The smallest absolute Gasteiger partial charge is 0.119 e. The SMILES string of the molecule is CCCCOc1ccc2cc(C#Cc3ccc(-c4ccc(OCCC)cc4)cc3)ccc2c1. The molecule has 0 N–H and O–H groups in total. The molecule has 4 aromatic rings. The molecule has 0 spiro atoms. The predicted octanol–water partition coefficient (Wildman–Crippen LogP) is 7.87. The fraction of sp³-hybridized carbons (Fsp3) is 0.226. The maximum atomic E-state index is 5.82. The van der Waals surface area contributed by atoms with Crippen molar-refractivity contribution in [1.29, 1.82) is 0 Å². The summed E-state index contributed by atoms with van der Waals surface area (Å²) < 4.78 is 11.5. The van der Waals surface area contributed by atoms with Crippen LogP contribution in [0.5, 0.6) is 11.5 Å². The van der Waals surface area contributed by atoms with E-state index in [1.54, 1.807) is 0 Å². The minimum absolute atomic E-state index is 0.748. The molecule has 33 heavy (non-hydrogen) atoms. The Bertz CT molecular complexity index is 1240. The van der Waals surface area contributed by atoms with E-state index in [0.29, 0.717) is 0 Å². The monoisotopic (exact) mass is 434 g/mol. The number of fused-ring (bicyclic) bond motifs is 1. The van der Waals surface area contributed by atoms with E-state index in [2.05, 4.69) is 92.4 Å². The second-order valence-corrected chi connectivity index (χ2v) is 8.13. The lowest BCUT2D eigenvalue weighted by Gasteiger charge is -2.07. The molecular weight excluding hydrogens is 404 g/mol. The van der Waals surface area contributed by atoms with Gasteiger partial charge in [-0.1, -0.05) is 68.5 Å². The van der Waals surface area contributed by atoms with E-state index in [4.69, 9.17) is 9.47 Å². The molecule has 0 bridgehead atoms. The van der Waals surface area contributed by atoms with Gasteiger partial charge in [0, 0.05) is 11.1 Å². The molecule has 2 nitrogen and oxygen atoms in total. The fourth-order valence-corrected chi connectivity index (χ4v) is 3.58. The topological polar surface area (TPSA) is 18.5 Å². The third-order valence-electron chi connectivity index (χ3n) is 5.47. The number of hydrogen-bond donors (Lipinski definition) is 0. The molecule has 0 aliphatic carbocycles. The van der Waals surface area contributed by atoms with Crippen molar-refractivity contribution in [3.63, 3.8) is 0 Å². The van der Waals surface area contributed by atoms with Gasteiger partial charge < -0.3 is 9.47 Å². The second-order valence-electron chi connectivity index (χ2n) is 8.13. The molecule has 0 unspecified atom stereocenters. The summed E-state index contributed by atoms with van der Waals surface area (Å²) in [4.78, 5) is 0. The molecule has 0 saturated carbocycles. The summed E-state index contributed by atoms with van der Waals surface area (Å²) in [5, 5.41) is 2.34. The van der Waals surface area contributed by atoms with E-state index in [-0.39, 0.29) is 0 Å². The maximum Gasteiger partial charge on any atom is 0.119 e. The summed E-state index contributed by atoms with van der Waals surface area (Å²) >= 11 is 0. The first-order valence-corrected chi connectivity index (χ1v) is 11.8. The van der Waals surface area contributed by atoms with E-state index >= 15 is 0 Å². The summed E-state index contributed by atoms with van der Waals surface area (Å²) in [6.45, 7) is 5.80. The number of benzene rings is 4. The molecule has 0 saturated heterocycles. The molecule has 2 heteroatoms. The highest BCUT2D eigenvalue weighted by Gasteiger charge is 2.01. The van der Waals surface area contributed by atoms with Gasteiger partial charge in [-0.2, -0.15) is 0 Å². The second kappa shape index (κ2) is 11.2. The van der Waals surface area contributed by atoms with Crippen LogP contribution in [0.4, 0.5) is 0 Å². The van der Waals surface area contributed by atoms with Crippen LogP contribution in [-0.4, -0.2) is 13.2 Å². The molecule has 0 heterocycles. The molecule has 4 aromatic carbocycles. The Morgan fingerprint density at radius 1 is 0.545 bits per heavy atom. The molecule has 166 valence electrons. The van der Waals surface area contributed by atoms with Gasteiger partial charge in [-0.3, -0.25) is 0 Å². The molecular formula is C31H30O2. The highest BCUT2D eigenvalue weighted by Crippen LogP contribution is 2.24. The first-order chi connectivity index (χ1) is 16.2. The number of ether oxygens (including phenoxy) is 2. The number of rotatable bonds is 8. The summed E-state index contributed by atoms with van der Waals surface area (Å²) in [6, 6.07) is 29.2. The van der Waals surface area contributed by atoms with Gasteiger partial charge >= 0.3 is 0 Å². The van der Waals surface area contributed by atoms with Crippen LogP contribution in [-0.2, 0) is 0 Å². The van der Waals surface area contributed by atoms with Gasteiger partial charge in [0.25, 0.3) is 0 Å². The van der Waals surface area contributed by atoms with Crippen LogP contribution in [0.25, 0.3) is 21.9 Å². The third kappa shape index (κ3) is 6.18. The molecule has 0 radical (unpaired) electrons. The lowest BCUT2D eigenvalue weighted by molar-refractivity contribution is 0.310. The van der Waals surface area contributed by atoms with Crippen LogP contribution in [0.1, 0.15) is 44.2 Å². The van der Waals surface area contributed by atoms with Crippen molar-refractivity contribution >= 4 is 10.8 Å². The normalized spacial score (nSPS) is 10.5. The van der Waals surface area contributed by atoms with Gasteiger partial charge in [-0.05, 0) is 83.3 Å². The fourth-order valence-electron chi connectivity index (χ4n) is 3.58. The molecule has 4 rings (SSSR count). The van der Waals surface area contributed by atoms with Crippen LogP contribution in [0, 0.1) is 11.8 Å². The van der Waals surface area contributed by atoms with Crippen LogP contribution in [0.3, 0.4) is 0 Å². The predicted molar refractivity (Wildman–Crippen MR) is 138 cm³/mol. The van der Waals surface area contributed by atoms with Gasteiger partial charge in [-0.15, -0.1) is 0 Å². The quantitative estimate of drug-likeness (QED) is 0.207. The average Bonchev–Trinajstić information content (AvgIpc) is 2.87. The zero-order valence-electron chi connectivity index (χ0n) is 19.4. The van der Waals surface area contributed by atoms with E-state index in [1.165, 1.54) is 21.9 Å². The van der Waals surface area contributed by atoms with Crippen LogP contribution in [0.15, 0.2) is 84.9 Å². The average molecular weight is 435 g/mol. The largest absolute Gasteiger partial charge is 0.494 e. The standard InChI is InChI=1S/C31H30O2/c1-3-5-21-33-31-19-16-28-22-25(10-13-29(28)23-31)7-6-24-8-11-26(12-9-24)27-14-17-30(18-15-27)32-20-4-2/h8-19,22-23H,3-5,20-21H2,1-2H3. The zero-order valence-corrected chi connectivity index (χ0v) is 19.4. The van der Waals surface area contributed by atoms with E-state index in [1.807, 2.05) is 18.2 Å². The van der Waals surface area contributed by atoms with E-state index in [9.17, 15) is 0 Å². The van der Waals surface area contributed by atoms with E-state index in [0.717, 1.165) is 55.1 Å². The van der Waals surface area contributed by atoms with E-state index < -0.39 is 0 Å². The Morgan fingerprint density at radius 2 is 1.12 bits per heavy atom. The Balaban J connectivity index is 1.43. The minimum Gasteiger partial charge on any atom is -0.494 e. The highest BCUT2D eigenvalue weighted by molar-refractivity contribution is 5.85. The third-order valence-corrected chi connectivity index (χ3v) is 5.47. The lowest BCUT2D eigenvalue weighted by atomic mass is 10.0. The van der Waals surface area contributed by atoms with Gasteiger partial charge in [0.15, 0.2) is 0 Å². The zero-order chi connectivity index (χ0) is 22.9. The van der Waals surface area contributed by atoms with Gasteiger partial charge in [0.05, 0.1) is 13.2 Å². The molecule has 0 aliphatic rings. The number of hydrogen-bond acceptors (Lipinski definition) is 2. The lowest BCUT2D eigenvalue weighted by Crippen LogP contribution is -1.96. The molecule has 0 amide bonds. The van der Waals surface area contributed by atoms with Crippen molar-refractivity contribution in [3.05, 3.63) is 96.1 Å². The van der Waals surface area contributed by atoms with Crippen molar-refractivity contribution in [3.8, 4) is 34.5 Å². The van der Waals surface area contributed by atoms with Gasteiger partial charge in [-0.25, -0.2) is 0 Å².